The van der Waals surface area contributed by atoms with Gasteiger partial charge in [-0.15, -0.1) is 0 Å². The summed E-state index contributed by atoms with van der Waals surface area (Å²) in [4.78, 5) is 12.5. The molecule has 0 saturated heterocycles. The number of rotatable bonds is 46. The van der Waals surface area contributed by atoms with Gasteiger partial charge in [0.25, 0.3) is 0 Å². The Hall–Kier alpha value is -1.43. The standard InChI is InChI=1S/C52H99NO4/c1-3-5-7-9-11-13-15-17-19-20-21-22-23-24-25-26-27-28-29-30-31-32-33-35-37-39-41-43-45-49(55)47-52(57)53-50(48-54)51(56)46-44-42-40-38-36-34-18-16-14-12-10-8-6-4-2/h14,16,36,38,44,46,49-51,54-56H,3-13,15,17-35,37,39-43,45,47-48H2,1-2H3,(H,53,57)/b16-14+,38-36+,46-44+. The maximum atomic E-state index is 12.5. The van der Waals surface area contributed by atoms with E-state index in [4.69, 9.17) is 0 Å². The largest absolute Gasteiger partial charge is 0.394 e. The molecule has 4 N–H and O–H groups in total. The van der Waals surface area contributed by atoms with Crippen molar-refractivity contribution in [2.45, 2.75) is 283 Å². The average molecular weight is 802 g/mol. The molecule has 0 bridgehead atoms. The van der Waals surface area contributed by atoms with Crippen molar-refractivity contribution in [2.75, 3.05) is 6.61 Å². The van der Waals surface area contributed by atoms with Crippen LogP contribution in [-0.2, 0) is 4.79 Å². The maximum absolute atomic E-state index is 12.5. The van der Waals surface area contributed by atoms with Gasteiger partial charge in [0.2, 0.25) is 5.91 Å². The third kappa shape index (κ3) is 44.0. The van der Waals surface area contributed by atoms with E-state index in [1.807, 2.05) is 6.08 Å². The number of allylic oxidation sites excluding steroid dienone is 5. The molecule has 0 aliphatic rings. The Morgan fingerprint density at radius 3 is 1.12 bits per heavy atom. The Morgan fingerprint density at radius 1 is 0.439 bits per heavy atom. The van der Waals surface area contributed by atoms with Crippen LogP contribution in [0, 0.1) is 0 Å². The molecule has 1 amide bonds. The van der Waals surface area contributed by atoms with Gasteiger partial charge in [0, 0.05) is 0 Å². The van der Waals surface area contributed by atoms with Crippen LogP contribution in [0.2, 0.25) is 0 Å². The normalized spacial score (nSPS) is 13.7. The van der Waals surface area contributed by atoms with Crippen molar-refractivity contribution < 1.29 is 20.1 Å². The molecule has 0 heterocycles. The Kier molecular flexibility index (Phi) is 46.1. The lowest BCUT2D eigenvalue weighted by Crippen LogP contribution is -2.45. The van der Waals surface area contributed by atoms with Crippen LogP contribution in [0.5, 0.6) is 0 Å². The van der Waals surface area contributed by atoms with Gasteiger partial charge in [-0.1, -0.05) is 249 Å². The minimum atomic E-state index is -0.957. The predicted octanol–water partition coefficient (Wildman–Crippen LogP) is 15.1. The fourth-order valence-electron chi connectivity index (χ4n) is 7.79. The molecule has 3 unspecified atom stereocenters. The van der Waals surface area contributed by atoms with E-state index in [2.05, 4.69) is 43.5 Å². The second kappa shape index (κ2) is 47.3. The summed E-state index contributed by atoms with van der Waals surface area (Å²) in [5.41, 5.74) is 0. The molecule has 0 aromatic carbocycles. The van der Waals surface area contributed by atoms with E-state index in [9.17, 15) is 20.1 Å². The van der Waals surface area contributed by atoms with Crippen LogP contribution in [0.4, 0.5) is 0 Å². The number of aliphatic hydroxyl groups is 3. The lowest BCUT2D eigenvalue weighted by atomic mass is 10.0. The van der Waals surface area contributed by atoms with E-state index in [1.54, 1.807) is 6.08 Å². The quantitative estimate of drug-likeness (QED) is 0.0365. The van der Waals surface area contributed by atoms with Crippen molar-refractivity contribution in [3.8, 4) is 0 Å². The van der Waals surface area contributed by atoms with E-state index in [-0.39, 0.29) is 18.9 Å². The summed E-state index contributed by atoms with van der Waals surface area (Å²) >= 11 is 0. The molecule has 0 aromatic heterocycles. The average Bonchev–Trinajstić information content (AvgIpc) is 3.20. The summed E-state index contributed by atoms with van der Waals surface area (Å²) in [5.74, 6) is -0.327. The summed E-state index contributed by atoms with van der Waals surface area (Å²) < 4.78 is 0. The fourth-order valence-corrected chi connectivity index (χ4v) is 7.79. The Balaban J connectivity index is 3.55. The van der Waals surface area contributed by atoms with Crippen LogP contribution >= 0.6 is 0 Å². The molecule has 0 aliphatic carbocycles. The number of unbranched alkanes of at least 4 members (excludes halogenated alkanes) is 33. The zero-order valence-corrected chi connectivity index (χ0v) is 38.2. The first-order chi connectivity index (χ1) is 28.0. The van der Waals surface area contributed by atoms with Crippen molar-refractivity contribution in [3.63, 3.8) is 0 Å². The molecule has 0 rings (SSSR count). The van der Waals surface area contributed by atoms with Crippen molar-refractivity contribution in [1.82, 2.24) is 5.32 Å². The van der Waals surface area contributed by atoms with Gasteiger partial charge >= 0.3 is 0 Å². The molecular weight excluding hydrogens is 703 g/mol. The van der Waals surface area contributed by atoms with E-state index in [1.165, 1.54) is 199 Å². The maximum Gasteiger partial charge on any atom is 0.222 e. The SMILES string of the molecule is CCCCCC/C=C/CC/C=C/CC/C=C/C(O)C(CO)NC(=O)CC(O)CCCCCCCCCCCCCCCCCCCCCCCCCCCCCC. The van der Waals surface area contributed by atoms with Crippen molar-refractivity contribution >= 4 is 5.91 Å². The van der Waals surface area contributed by atoms with Gasteiger partial charge in [-0.2, -0.15) is 0 Å². The van der Waals surface area contributed by atoms with E-state index in [0.717, 1.165) is 38.5 Å². The summed E-state index contributed by atoms with van der Waals surface area (Å²) in [5, 5.41) is 33.2. The van der Waals surface area contributed by atoms with Gasteiger partial charge in [-0.05, 0) is 44.9 Å². The summed E-state index contributed by atoms with van der Waals surface area (Å²) in [6.45, 7) is 4.19. The molecule has 0 aromatic rings. The molecule has 5 heteroatoms. The van der Waals surface area contributed by atoms with Crippen molar-refractivity contribution in [3.05, 3.63) is 36.5 Å². The topological polar surface area (TPSA) is 89.8 Å². The van der Waals surface area contributed by atoms with Crippen LogP contribution in [0.15, 0.2) is 36.5 Å². The zero-order valence-electron chi connectivity index (χ0n) is 38.2. The van der Waals surface area contributed by atoms with Gasteiger partial charge in [0.1, 0.15) is 0 Å². The number of amides is 1. The predicted molar refractivity (Wildman–Crippen MR) is 250 cm³/mol. The summed E-state index contributed by atoms with van der Waals surface area (Å²) in [6, 6.07) is -0.765. The third-order valence-electron chi connectivity index (χ3n) is 11.7. The molecule has 0 aliphatic heterocycles. The molecule has 0 fully saturated rings. The molecule has 3 atom stereocenters. The number of carbonyl (C=O) groups is 1. The van der Waals surface area contributed by atoms with E-state index >= 15 is 0 Å². The zero-order chi connectivity index (χ0) is 41.5. The molecule has 0 saturated carbocycles. The second-order valence-corrected chi connectivity index (χ2v) is 17.4. The van der Waals surface area contributed by atoms with Crippen LogP contribution in [0.25, 0.3) is 0 Å². The fraction of sp³-hybridized carbons (Fsp3) is 0.865. The smallest absolute Gasteiger partial charge is 0.222 e. The molecule has 0 radical (unpaired) electrons. The van der Waals surface area contributed by atoms with Gasteiger partial charge in [-0.25, -0.2) is 0 Å². The van der Waals surface area contributed by atoms with Crippen molar-refractivity contribution in [2.24, 2.45) is 0 Å². The minimum Gasteiger partial charge on any atom is -0.394 e. The summed E-state index contributed by atoms with van der Waals surface area (Å²) in [7, 11) is 0. The van der Waals surface area contributed by atoms with Gasteiger partial charge in [-0.3, -0.25) is 4.79 Å². The highest BCUT2D eigenvalue weighted by molar-refractivity contribution is 5.76. The highest BCUT2D eigenvalue weighted by atomic mass is 16.3. The molecule has 57 heavy (non-hydrogen) atoms. The first-order valence-electron chi connectivity index (χ1n) is 25.3. The number of carbonyl (C=O) groups excluding carboxylic acids is 1. The van der Waals surface area contributed by atoms with Crippen molar-refractivity contribution in [1.29, 1.82) is 0 Å². The number of aliphatic hydroxyl groups excluding tert-OH is 3. The molecule has 5 nitrogen and oxygen atoms in total. The van der Waals surface area contributed by atoms with Gasteiger partial charge < -0.3 is 20.6 Å². The highest BCUT2D eigenvalue weighted by Gasteiger charge is 2.20. The molecular formula is C52H99NO4. The van der Waals surface area contributed by atoms with E-state index < -0.39 is 18.2 Å². The number of nitrogens with one attached hydrogen (secondary N) is 1. The van der Waals surface area contributed by atoms with Crippen LogP contribution in [0.3, 0.4) is 0 Å². The molecule has 0 spiro atoms. The Morgan fingerprint density at radius 2 is 0.754 bits per heavy atom. The second-order valence-electron chi connectivity index (χ2n) is 17.4. The number of hydrogen-bond donors (Lipinski definition) is 4. The monoisotopic (exact) mass is 802 g/mol. The lowest BCUT2D eigenvalue weighted by molar-refractivity contribution is -0.124. The molecule has 336 valence electrons. The third-order valence-corrected chi connectivity index (χ3v) is 11.7. The first kappa shape index (κ1) is 55.6. The van der Waals surface area contributed by atoms with Crippen LogP contribution < -0.4 is 5.32 Å². The van der Waals surface area contributed by atoms with E-state index in [0.29, 0.717) is 6.42 Å². The van der Waals surface area contributed by atoms with Crippen LogP contribution in [0.1, 0.15) is 264 Å². The lowest BCUT2D eigenvalue weighted by Gasteiger charge is -2.21. The Bertz CT molecular complexity index is 885. The van der Waals surface area contributed by atoms with Crippen LogP contribution in [-0.4, -0.2) is 46.1 Å². The first-order valence-corrected chi connectivity index (χ1v) is 25.3. The summed E-state index contributed by atoms with van der Waals surface area (Å²) in [6.07, 6.45) is 60.4. The minimum absolute atomic E-state index is 0.00524. The van der Waals surface area contributed by atoms with Gasteiger partial charge in [0.05, 0.1) is 31.3 Å². The highest BCUT2D eigenvalue weighted by Crippen LogP contribution is 2.17. The Labute approximate surface area is 355 Å². The van der Waals surface area contributed by atoms with Gasteiger partial charge in [0.15, 0.2) is 0 Å². The number of hydrogen-bond acceptors (Lipinski definition) is 4.